The normalized spacial score (nSPS) is 10.2. The van der Waals surface area contributed by atoms with Gasteiger partial charge in [-0.15, -0.1) is 0 Å². The van der Waals surface area contributed by atoms with Crippen molar-refractivity contribution in [2.75, 3.05) is 5.32 Å². The zero-order valence-corrected chi connectivity index (χ0v) is 11.7. The molecule has 5 nitrogen and oxygen atoms in total. The van der Waals surface area contributed by atoms with Gasteiger partial charge in [0.2, 0.25) is 5.91 Å². The molecule has 5 heteroatoms. The largest absolute Gasteiger partial charge is 0.455 e. The molecule has 0 aliphatic rings. The number of hydrogen-bond acceptors (Lipinski definition) is 4. The first-order valence-corrected chi connectivity index (χ1v) is 6.80. The Kier molecular flexibility index (Phi) is 4.15. The van der Waals surface area contributed by atoms with Crippen molar-refractivity contribution in [1.82, 2.24) is 4.98 Å². The first-order chi connectivity index (χ1) is 10.8. The first-order valence-electron chi connectivity index (χ1n) is 6.80. The fraction of sp³-hybridized carbons (Fsp3) is 0.0588. The molecule has 2 aromatic carbocycles. The van der Waals surface area contributed by atoms with E-state index >= 15 is 0 Å². The Hall–Kier alpha value is -3.08. The van der Waals surface area contributed by atoms with Gasteiger partial charge in [-0.05, 0) is 24.3 Å². The fourth-order valence-electron chi connectivity index (χ4n) is 1.96. The van der Waals surface area contributed by atoms with Gasteiger partial charge >= 0.3 is 0 Å². The molecule has 0 spiro atoms. The van der Waals surface area contributed by atoms with E-state index in [1.807, 2.05) is 42.5 Å². The standard InChI is InChI=1S/C17H14N2O3/c20-17(10-13-11-21-12-18-13)19-15-8-4-5-9-16(15)22-14-6-2-1-3-7-14/h1-9,11-12H,10H2,(H,19,20). The zero-order chi connectivity index (χ0) is 15.2. The van der Waals surface area contributed by atoms with E-state index in [0.717, 1.165) is 0 Å². The number of para-hydroxylation sites is 3. The SMILES string of the molecule is O=C(Cc1cocn1)Nc1ccccc1Oc1ccccc1. The molecule has 0 fully saturated rings. The van der Waals surface area contributed by atoms with Crippen molar-refractivity contribution in [2.45, 2.75) is 6.42 Å². The molecule has 3 aromatic rings. The Morgan fingerprint density at radius 3 is 2.64 bits per heavy atom. The average Bonchev–Trinajstić information content (AvgIpc) is 3.03. The third-order valence-electron chi connectivity index (χ3n) is 2.96. The monoisotopic (exact) mass is 294 g/mol. The van der Waals surface area contributed by atoms with Gasteiger partial charge in [-0.1, -0.05) is 30.3 Å². The molecule has 110 valence electrons. The Balaban J connectivity index is 1.72. The van der Waals surface area contributed by atoms with Gasteiger partial charge in [-0.25, -0.2) is 4.98 Å². The van der Waals surface area contributed by atoms with E-state index in [2.05, 4.69) is 10.3 Å². The van der Waals surface area contributed by atoms with Gasteiger partial charge in [0.1, 0.15) is 12.0 Å². The van der Waals surface area contributed by atoms with Crippen LogP contribution in [-0.2, 0) is 11.2 Å². The molecule has 0 unspecified atom stereocenters. The molecule has 0 saturated carbocycles. The number of benzene rings is 2. The summed E-state index contributed by atoms with van der Waals surface area (Å²) in [6, 6.07) is 16.7. The topological polar surface area (TPSA) is 64.4 Å². The summed E-state index contributed by atoms with van der Waals surface area (Å²) in [7, 11) is 0. The summed E-state index contributed by atoms with van der Waals surface area (Å²) in [5.74, 6) is 1.11. The molecule has 0 aliphatic heterocycles. The molecule has 0 aliphatic carbocycles. The van der Waals surface area contributed by atoms with Gasteiger partial charge in [-0.2, -0.15) is 0 Å². The summed E-state index contributed by atoms with van der Waals surface area (Å²) in [6.07, 6.45) is 2.90. The van der Waals surface area contributed by atoms with Crippen LogP contribution in [-0.4, -0.2) is 10.9 Å². The lowest BCUT2D eigenvalue weighted by Crippen LogP contribution is -2.15. The van der Waals surface area contributed by atoms with Crippen LogP contribution in [0.2, 0.25) is 0 Å². The lowest BCUT2D eigenvalue weighted by molar-refractivity contribution is -0.115. The van der Waals surface area contributed by atoms with Crippen molar-refractivity contribution < 1.29 is 13.9 Å². The van der Waals surface area contributed by atoms with Crippen molar-refractivity contribution in [1.29, 1.82) is 0 Å². The minimum absolute atomic E-state index is 0.149. The number of amides is 1. The van der Waals surface area contributed by atoms with Crippen LogP contribution in [0.3, 0.4) is 0 Å². The minimum atomic E-state index is -0.182. The average molecular weight is 294 g/mol. The summed E-state index contributed by atoms with van der Waals surface area (Å²) >= 11 is 0. The van der Waals surface area contributed by atoms with E-state index in [1.165, 1.54) is 12.7 Å². The maximum absolute atomic E-state index is 12.0. The van der Waals surface area contributed by atoms with Gasteiger partial charge in [0.25, 0.3) is 0 Å². The second-order valence-corrected chi connectivity index (χ2v) is 4.62. The quantitative estimate of drug-likeness (QED) is 0.780. The summed E-state index contributed by atoms with van der Waals surface area (Å²) in [6.45, 7) is 0. The van der Waals surface area contributed by atoms with Crippen LogP contribution in [0.25, 0.3) is 0 Å². The minimum Gasteiger partial charge on any atom is -0.455 e. The molecule has 0 bridgehead atoms. The molecule has 1 heterocycles. The highest BCUT2D eigenvalue weighted by molar-refractivity contribution is 5.93. The molecule has 1 amide bonds. The Morgan fingerprint density at radius 1 is 1.09 bits per heavy atom. The lowest BCUT2D eigenvalue weighted by atomic mass is 10.2. The van der Waals surface area contributed by atoms with Crippen molar-refractivity contribution in [3.63, 3.8) is 0 Å². The van der Waals surface area contributed by atoms with E-state index < -0.39 is 0 Å². The number of carbonyl (C=O) groups excluding carboxylic acids is 1. The van der Waals surface area contributed by atoms with Crippen LogP contribution in [0.15, 0.2) is 71.7 Å². The smallest absolute Gasteiger partial charge is 0.230 e. The van der Waals surface area contributed by atoms with E-state index in [9.17, 15) is 4.79 Å². The number of carbonyl (C=O) groups is 1. The van der Waals surface area contributed by atoms with E-state index in [-0.39, 0.29) is 12.3 Å². The van der Waals surface area contributed by atoms with Gasteiger partial charge in [0.15, 0.2) is 12.1 Å². The van der Waals surface area contributed by atoms with Gasteiger partial charge < -0.3 is 14.5 Å². The number of nitrogens with zero attached hydrogens (tertiary/aromatic N) is 1. The Labute approximate surface area is 127 Å². The zero-order valence-electron chi connectivity index (χ0n) is 11.7. The second-order valence-electron chi connectivity index (χ2n) is 4.62. The van der Waals surface area contributed by atoms with E-state index in [0.29, 0.717) is 22.9 Å². The van der Waals surface area contributed by atoms with Crippen LogP contribution < -0.4 is 10.1 Å². The molecular formula is C17H14N2O3. The van der Waals surface area contributed by atoms with Crippen molar-refractivity contribution in [3.8, 4) is 11.5 Å². The van der Waals surface area contributed by atoms with Crippen LogP contribution in [0, 0.1) is 0 Å². The number of ether oxygens (including phenoxy) is 1. The summed E-state index contributed by atoms with van der Waals surface area (Å²) in [5.41, 5.74) is 1.19. The van der Waals surface area contributed by atoms with Crippen molar-refractivity contribution in [3.05, 3.63) is 72.9 Å². The number of anilines is 1. The maximum atomic E-state index is 12.0. The lowest BCUT2D eigenvalue weighted by Gasteiger charge is -2.11. The van der Waals surface area contributed by atoms with Gasteiger partial charge in [0, 0.05) is 0 Å². The molecular weight excluding hydrogens is 280 g/mol. The van der Waals surface area contributed by atoms with Crippen molar-refractivity contribution >= 4 is 11.6 Å². The molecule has 1 aromatic heterocycles. The molecule has 0 radical (unpaired) electrons. The summed E-state index contributed by atoms with van der Waals surface area (Å²) in [5, 5.41) is 2.82. The number of oxazole rings is 1. The summed E-state index contributed by atoms with van der Waals surface area (Å²) in [4.78, 5) is 16.0. The molecule has 0 saturated heterocycles. The number of rotatable bonds is 5. The number of aromatic nitrogens is 1. The number of hydrogen-bond donors (Lipinski definition) is 1. The molecule has 22 heavy (non-hydrogen) atoms. The maximum Gasteiger partial charge on any atom is 0.230 e. The van der Waals surface area contributed by atoms with Crippen molar-refractivity contribution in [2.24, 2.45) is 0 Å². The highest BCUT2D eigenvalue weighted by atomic mass is 16.5. The third-order valence-corrected chi connectivity index (χ3v) is 2.96. The third kappa shape index (κ3) is 3.52. The Morgan fingerprint density at radius 2 is 1.86 bits per heavy atom. The van der Waals surface area contributed by atoms with Crippen LogP contribution in [0.5, 0.6) is 11.5 Å². The van der Waals surface area contributed by atoms with Crippen LogP contribution >= 0.6 is 0 Å². The predicted octanol–water partition coefficient (Wildman–Crippen LogP) is 3.65. The molecule has 0 atom stereocenters. The Bertz CT molecular complexity index is 740. The predicted molar refractivity (Wildman–Crippen MR) is 81.8 cm³/mol. The number of nitrogens with one attached hydrogen (secondary N) is 1. The van der Waals surface area contributed by atoms with E-state index in [1.54, 1.807) is 12.1 Å². The highest BCUT2D eigenvalue weighted by Gasteiger charge is 2.10. The molecule has 1 N–H and O–H groups in total. The fourth-order valence-corrected chi connectivity index (χ4v) is 1.96. The van der Waals surface area contributed by atoms with Gasteiger partial charge in [0.05, 0.1) is 17.8 Å². The first kappa shape index (κ1) is 13.9. The summed E-state index contributed by atoms with van der Waals surface area (Å²) < 4.78 is 10.6. The van der Waals surface area contributed by atoms with Crippen LogP contribution in [0.1, 0.15) is 5.69 Å². The van der Waals surface area contributed by atoms with Gasteiger partial charge in [-0.3, -0.25) is 4.79 Å². The highest BCUT2D eigenvalue weighted by Crippen LogP contribution is 2.29. The van der Waals surface area contributed by atoms with Crippen LogP contribution in [0.4, 0.5) is 5.69 Å². The second kappa shape index (κ2) is 6.58. The molecule has 3 rings (SSSR count). The van der Waals surface area contributed by atoms with E-state index in [4.69, 9.17) is 9.15 Å².